The summed E-state index contributed by atoms with van der Waals surface area (Å²) in [5, 5.41) is 7.21. The van der Waals surface area contributed by atoms with Crippen LogP contribution in [0.4, 0.5) is 14.5 Å². The summed E-state index contributed by atoms with van der Waals surface area (Å²) in [6.45, 7) is 4.37. The molecule has 0 aliphatic rings. The molecule has 4 aromatic rings. The third-order valence-electron chi connectivity index (χ3n) is 4.59. The lowest BCUT2D eigenvalue weighted by atomic mass is 10.1. The van der Waals surface area contributed by atoms with Crippen LogP contribution in [0.5, 0.6) is 0 Å². The van der Waals surface area contributed by atoms with Crippen LogP contribution < -0.4 is 11.1 Å². The molecule has 0 aliphatic carbocycles. The van der Waals surface area contributed by atoms with Crippen LogP contribution in [-0.4, -0.2) is 26.6 Å². The van der Waals surface area contributed by atoms with E-state index in [0.29, 0.717) is 23.1 Å². The van der Waals surface area contributed by atoms with Crippen molar-refractivity contribution in [3.05, 3.63) is 51.6 Å². The first-order chi connectivity index (χ1) is 14.8. The molecule has 0 saturated heterocycles. The lowest BCUT2D eigenvalue weighted by Gasteiger charge is -2.09. The Kier molecular flexibility index (Phi) is 5.54. The number of alkyl halides is 2. The predicted molar refractivity (Wildman–Crippen MR) is 117 cm³/mol. The second kappa shape index (κ2) is 8.16. The van der Waals surface area contributed by atoms with Crippen LogP contribution in [0.25, 0.3) is 20.7 Å². The Morgan fingerprint density at radius 2 is 2.06 bits per heavy atom. The van der Waals surface area contributed by atoms with E-state index in [-0.39, 0.29) is 15.4 Å². The van der Waals surface area contributed by atoms with Gasteiger partial charge in [0.15, 0.2) is 0 Å². The Bertz CT molecular complexity index is 1310. The molecule has 0 spiro atoms. The van der Waals surface area contributed by atoms with Gasteiger partial charge in [0.05, 0.1) is 17.4 Å². The average molecular weight is 462 g/mol. The van der Waals surface area contributed by atoms with Crippen molar-refractivity contribution in [3.63, 3.8) is 0 Å². The number of nitrogens with one attached hydrogen (secondary N) is 1. The number of thiophene rings is 2. The molecular formula is C20H17F2N5O2S2. The van der Waals surface area contributed by atoms with Crippen molar-refractivity contribution >= 4 is 50.4 Å². The minimum atomic E-state index is -2.79. The highest BCUT2D eigenvalue weighted by atomic mass is 32.1. The molecule has 0 atom stereocenters. The fourth-order valence-corrected chi connectivity index (χ4v) is 5.04. The van der Waals surface area contributed by atoms with Gasteiger partial charge in [-0.1, -0.05) is 0 Å². The number of hydrogen-bond acceptors (Lipinski definition) is 6. The third-order valence-corrected chi connectivity index (χ3v) is 6.73. The number of fused-ring (bicyclic) bond motifs is 1. The van der Waals surface area contributed by atoms with E-state index in [4.69, 9.17) is 5.73 Å². The maximum absolute atomic E-state index is 13.5. The Balaban J connectivity index is 1.93. The van der Waals surface area contributed by atoms with E-state index in [1.807, 2.05) is 26.0 Å². The average Bonchev–Trinajstić information content (AvgIpc) is 3.45. The highest BCUT2D eigenvalue weighted by Crippen LogP contribution is 2.44. The number of nitrogens with two attached hydrogens (primary N) is 1. The Labute approximate surface area is 183 Å². The van der Waals surface area contributed by atoms with E-state index in [1.165, 1.54) is 23.6 Å². The molecular weight excluding hydrogens is 444 g/mol. The van der Waals surface area contributed by atoms with Crippen molar-refractivity contribution < 1.29 is 18.4 Å². The first-order valence-electron chi connectivity index (χ1n) is 9.24. The van der Waals surface area contributed by atoms with E-state index < -0.39 is 23.9 Å². The van der Waals surface area contributed by atoms with Crippen molar-refractivity contribution in [2.75, 3.05) is 5.32 Å². The minimum Gasteiger partial charge on any atom is -0.365 e. The molecule has 7 nitrogen and oxygen atoms in total. The van der Waals surface area contributed by atoms with Gasteiger partial charge in [0.1, 0.15) is 15.4 Å². The lowest BCUT2D eigenvalue weighted by molar-refractivity contribution is 0.100. The number of amides is 2. The zero-order valence-corrected chi connectivity index (χ0v) is 18.1. The number of carbonyl (C=O) groups excluding carboxylic acids is 2. The van der Waals surface area contributed by atoms with E-state index in [1.54, 1.807) is 10.9 Å². The second-order valence-electron chi connectivity index (χ2n) is 6.70. The Morgan fingerprint density at radius 1 is 1.29 bits per heavy atom. The van der Waals surface area contributed by atoms with Crippen molar-refractivity contribution in [2.24, 2.45) is 5.73 Å². The fourth-order valence-electron chi connectivity index (χ4n) is 3.14. The van der Waals surface area contributed by atoms with Gasteiger partial charge in [-0.25, -0.2) is 13.8 Å². The largest absolute Gasteiger partial charge is 0.365 e. The summed E-state index contributed by atoms with van der Waals surface area (Å²) in [4.78, 5) is 30.9. The molecule has 2 amide bonds. The monoisotopic (exact) mass is 461 g/mol. The maximum atomic E-state index is 13.5. The van der Waals surface area contributed by atoms with Crippen molar-refractivity contribution in [3.8, 4) is 10.4 Å². The molecule has 3 N–H and O–H groups in total. The van der Waals surface area contributed by atoms with Gasteiger partial charge in [-0.2, -0.15) is 5.10 Å². The van der Waals surface area contributed by atoms with Crippen molar-refractivity contribution in [2.45, 2.75) is 26.8 Å². The molecule has 4 rings (SSSR count). The zero-order valence-electron chi connectivity index (χ0n) is 16.5. The van der Waals surface area contributed by atoms with Gasteiger partial charge in [-0.05, 0) is 32.0 Å². The van der Waals surface area contributed by atoms with E-state index in [0.717, 1.165) is 21.1 Å². The maximum Gasteiger partial charge on any atom is 0.280 e. The van der Waals surface area contributed by atoms with Crippen molar-refractivity contribution in [1.82, 2.24) is 14.8 Å². The topological polar surface area (TPSA) is 103 Å². The van der Waals surface area contributed by atoms with Gasteiger partial charge in [0.25, 0.3) is 18.2 Å². The summed E-state index contributed by atoms with van der Waals surface area (Å²) < 4.78 is 28.6. The van der Waals surface area contributed by atoms with Gasteiger partial charge in [-0.3, -0.25) is 14.3 Å². The summed E-state index contributed by atoms with van der Waals surface area (Å²) in [5.41, 5.74) is 6.05. The van der Waals surface area contributed by atoms with E-state index >= 15 is 0 Å². The van der Waals surface area contributed by atoms with E-state index in [2.05, 4.69) is 15.4 Å². The first kappa shape index (κ1) is 21.1. The number of rotatable bonds is 6. The quantitative estimate of drug-likeness (QED) is 0.429. The standard InChI is InChI=1S/C20H17F2N5O2S2/c1-3-27-8-10(7-24-27)19(29)26-15-14-11(13-5-4-9(2)30-13)6-12(17(21)22)25-20(14)31-16(15)18(23)28/h4-8,17H,3H2,1-2H3,(H2,23,28)(H,26,29). The molecule has 0 aromatic carbocycles. The van der Waals surface area contributed by atoms with Gasteiger partial charge < -0.3 is 11.1 Å². The molecule has 4 heterocycles. The summed E-state index contributed by atoms with van der Waals surface area (Å²) in [5.74, 6) is -1.28. The summed E-state index contributed by atoms with van der Waals surface area (Å²) in [6.07, 6.45) is 0.194. The van der Waals surface area contributed by atoms with Crippen LogP contribution in [0.3, 0.4) is 0 Å². The number of primary amides is 1. The molecule has 0 unspecified atom stereocenters. The van der Waals surface area contributed by atoms with Crippen LogP contribution in [0.15, 0.2) is 30.6 Å². The Hall–Kier alpha value is -3.18. The Morgan fingerprint density at radius 3 is 2.65 bits per heavy atom. The minimum absolute atomic E-state index is 0.0414. The first-order valence-corrected chi connectivity index (χ1v) is 10.9. The van der Waals surface area contributed by atoms with Gasteiger partial charge in [0, 0.05) is 33.4 Å². The smallest absolute Gasteiger partial charge is 0.280 e. The number of nitrogens with zero attached hydrogens (tertiary/aromatic N) is 3. The molecule has 0 radical (unpaired) electrons. The molecule has 0 aliphatic heterocycles. The number of carbonyl (C=O) groups is 2. The highest BCUT2D eigenvalue weighted by Gasteiger charge is 2.25. The zero-order chi connectivity index (χ0) is 22.3. The molecule has 0 fully saturated rings. The number of hydrogen-bond donors (Lipinski definition) is 2. The van der Waals surface area contributed by atoms with Crippen LogP contribution >= 0.6 is 22.7 Å². The van der Waals surface area contributed by atoms with Gasteiger partial charge in [-0.15, -0.1) is 22.7 Å². The highest BCUT2D eigenvalue weighted by molar-refractivity contribution is 7.21. The van der Waals surface area contributed by atoms with Crippen LogP contribution in [0, 0.1) is 6.92 Å². The molecule has 0 bridgehead atoms. The lowest BCUT2D eigenvalue weighted by Crippen LogP contribution is -2.16. The molecule has 160 valence electrons. The molecule has 11 heteroatoms. The second-order valence-corrected chi connectivity index (χ2v) is 8.98. The number of aryl methyl sites for hydroxylation is 2. The van der Waals surface area contributed by atoms with Crippen LogP contribution in [-0.2, 0) is 6.54 Å². The van der Waals surface area contributed by atoms with Crippen molar-refractivity contribution in [1.29, 1.82) is 0 Å². The number of anilines is 1. The van der Waals surface area contributed by atoms with Gasteiger partial charge >= 0.3 is 0 Å². The van der Waals surface area contributed by atoms with E-state index in [9.17, 15) is 18.4 Å². The molecule has 31 heavy (non-hydrogen) atoms. The SMILES string of the molecule is CCn1cc(C(=O)Nc2c(C(N)=O)sc3nc(C(F)F)cc(-c4ccc(C)s4)c23)cn1. The summed E-state index contributed by atoms with van der Waals surface area (Å²) in [7, 11) is 0. The normalized spacial score (nSPS) is 11.4. The van der Waals surface area contributed by atoms with Crippen LogP contribution in [0.1, 0.15) is 43.9 Å². The predicted octanol–water partition coefficient (Wildman–Crippen LogP) is 4.84. The number of pyridine rings is 1. The summed E-state index contributed by atoms with van der Waals surface area (Å²) in [6, 6.07) is 4.97. The number of halogens is 2. The molecule has 4 aromatic heterocycles. The number of aromatic nitrogens is 3. The fraction of sp³-hybridized carbons (Fsp3) is 0.200. The third kappa shape index (κ3) is 3.93. The van der Waals surface area contributed by atoms with Crippen LogP contribution in [0.2, 0.25) is 0 Å². The molecule has 0 saturated carbocycles. The summed E-state index contributed by atoms with van der Waals surface area (Å²) >= 11 is 2.29. The van der Waals surface area contributed by atoms with Gasteiger partial charge in [0.2, 0.25) is 0 Å².